The number of benzene rings is 1. The first-order valence-corrected chi connectivity index (χ1v) is 5.89. The Balaban J connectivity index is 3.28. The molecule has 4 heteroatoms. The lowest BCUT2D eigenvalue weighted by Crippen LogP contribution is -2.23. The number of rotatable bonds is 6. The number of carboxylic acids is 1. The van der Waals surface area contributed by atoms with Crippen molar-refractivity contribution in [3.8, 4) is 5.75 Å². The first kappa shape index (κ1) is 13.4. The molecule has 0 amide bonds. The van der Waals surface area contributed by atoms with E-state index in [9.17, 15) is 4.79 Å². The van der Waals surface area contributed by atoms with Gasteiger partial charge in [-0.15, -0.1) is 0 Å². The Labute approximate surface area is 102 Å². The number of hydrogen-bond donors (Lipinski definition) is 1. The van der Waals surface area contributed by atoms with Crippen molar-refractivity contribution in [3.63, 3.8) is 0 Å². The van der Waals surface area contributed by atoms with Gasteiger partial charge in [-0.05, 0) is 32.9 Å². The van der Waals surface area contributed by atoms with Crippen molar-refractivity contribution < 1.29 is 14.6 Å². The van der Waals surface area contributed by atoms with E-state index in [0.29, 0.717) is 12.4 Å². The molecule has 1 rings (SSSR count). The predicted octanol–water partition coefficient (Wildman–Crippen LogP) is 2.63. The van der Waals surface area contributed by atoms with Crippen LogP contribution in [0.3, 0.4) is 0 Å². The Hall–Kier alpha value is -1.71. The van der Waals surface area contributed by atoms with E-state index in [1.165, 1.54) is 0 Å². The zero-order valence-corrected chi connectivity index (χ0v) is 10.6. The molecule has 4 nitrogen and oxygen atoms in total. The largest absolute Gasteiger partial charge is 0.491 e. The summed E-state index contributed by atoms with van der Waals surface area (Å²) in [6.45, 7) is 8.02. The van der Waals surface area contributed by atoms with Gasteiger partial charge in [0.15, 0.2) is 5.75 Å². The van der Waals surface area contributed by atoms with Gasteiger partial charge >= 0.3 is 5.97 Å². The molecule has 0 aliphatic heterocycles. The molecule has 94 valence electrons. The summed E-state index contributed by atoms with van der Waals surface area (Å²) in [6, 6.07) is 5.21. The summed E-state index contributed by atoms with van der Waals surface area (Å²) in [7, 11) is 0. The second-order valence-corrected chi connectivity index (χ2v) is 3.56. The first-order valence-electron chi connectivity index (χ1n) is 5.89. The zero-order chi connectivity index (χ0) is 12.8. The molecule has 0 fully saturated rings. The van der Waals surface area contributed by atoms with E-state index in [1.807, 2.05) is 26.8 Å². The topological polar surface area (TPSA) is 49.8 Å². The lowest BCUT2D eigenvalue weighted by atomic mass is 10.1. The molecule has 0 saturated heterocycles. The van der Waals surface area contributed by atoms with Crippen LogP contribution in [0.5, 0.6) is 5.75 Å². The average molecular weight is 237 g/mol. The Morgan fingerprint density at radius 2 is 1.94 bits per heavy atom. The second kappa shape index (κ2) is 6.13. The minimum atomic E-state index is -0.956. The highest BCUT2D eigenvalue weighted by molar-refractivity contribution is 5.93. The molecule has 0 heterocycles. The number of anilines is 1. The van der Waals surface area contributed by atoms with Crippen LogP contribution in [0.2, 0.25) is 0 Å². The minimum Gasteiger partial charge on any atom is -0.491 e. The lowest BCUT2D eigenvalue weighted by Gasteiger charge is -2.24. The Morgan fingerprint density at radius 1 is 1.29 bits per heavy atom. The van der Waals surface area contributed by atoms with Crippen LogP contribution in [-0.2, 0) is 0 Å². The number of aromatic carboxylic acids is 1. The van der Waals surface area contributed by atoms with E-state index in [2.05, 4.69) is 4.90 Å². The summed E-state index contributed by atoms with van der Waals surface area (Å²) in [6.07, 6.45) is 0. The average Bonchev–Trinajstić information content (AvgIpc) is 2.32. The van der Waals surface area contributed by atoms with Crippen LogP contribution in [0.25, 0.3) is 0 Å². The van der Waals surface area contributed by atoms with Crippen LogP contribution >= 0.6 is 0 Å². The monoisotopic (exact) mass is 237 g/mol. The van der Waals surface area contributed by atoms with Gasteiger partial charge in [-0.25, -0.2) is 4.79 Å². The van der Waals surface area contributed by atoms with Gasteiger partial charge in [-0.3, -0.25) is 0 Å². The van der Waals surface area contributed by atoms with Crippen LogP contribution in [0.15, 0.2) is 18.2 Å². The highest BCUT2D eigenvalue weighted by Crippen LogP contribution is 2.32. The smallest absolute Gasteiger partial charge is 0.339 e. The van der Waals surface area contributed by atoms with E-state index in [1.54, 1.807) is 12.1 Å². The van der Waals surface area contributed by atoms with Crippen molar-refractivity contribution in [2.24, 2.45) is 0 Å². The standard InChI is InChI=1S/C13H19NO3/c1-4-14(5-2)11-9-7-8-10(13(15)16)12(11)17-6-3/h7-9H,4-6H2,1-3H3,(H,15,16). The maximum Gasteiger partial charge on any atom is 0.339 e. The van der Waals surface area contributed by atoms with E-state index in [0.717, 1.165) is 18.8 Å². The van der Waals surface area contributed by atoms with Crippen LogP contribution < -0.4 is 9.64 Å². The van der Waals surface area contributed by atoms with Gasteiger partial charge in [-0.2, -0.15) is 0 Å². The van der Waals surface area contributed by atoms with Gasteiger partial charge in [0.25, 0.3) is 0 Å². The van der Waals surface area contributed by atoms with E-state index in [-0.39, 0.29) is 5.56 Å². The number of carboxylic acid groups (broad SMARTS) is 1. The maximum atomic E-state index is 11.1. The Morgan fingerprint density at radius 3 is 2.41 bits per heavy atom. The number of carbonyl (C=O) groups is 1. The third-order valence-corrected chi connectivity index (χ3v) is 2.62. The fourth-order valence-electron chi connectivity index (χ4n) is 1.80. The molecular formula is C13H19NO3. The summed E-state index contributed by atoms with van der Waals surface area (Å²) < 4.78 is 5.49. The molecule has 0 spiro atoms. The quantitative estimate of drug-likeness (QED) is 0.826. The summed E-state index contributed by atoms with van der Waals surface area (Å²) in [5, 5.41) is 9.15. The van der Waals surface area contributed by atoms with Gasteiger partial charge in [0.2, 0.25) is 0 Å². The molecule has 17 heavy (non-hydrogen) atoms. The predicted molar refractivity (Wildman–Crippen MR) is 68.1 cm³/mol. The third-order valence-electron chi connectivity index (χ3n) is 2.62. The molecule has 0 aliphatic carbocycles. The highest BCUT2D eigenvalue weighted by atomic mass is 16.5. The SMILES string of the molecule is CCOc1c(C(=O)O)cccc1N(CC)CC. The highest BCUT2D eigenvalue weighted by Gasteiger charge is 2.17. The van der Waals surface area contributed by atoms with Crippen molar-refractivity contribution in [1.29, 1.82) is 0 Å². The number of para-hydroxylation sites is 1. The first-order chi connectivity index (χ1) is 8.15. The molecule has 0 unspecified atom stereocenters. The fraction of sp³-hybridized carbons (Fsp3) is 0.462. The van der Waals surface area contributed by atoms with Crippen LogP contribution in [0.4, 0.5) is 5.69 Å². The van der Waals surface area contributed by atoms with Crippen molar-refractivity contribution in [2.45, 2.75) is 20.8 Å². The second-order valence-electron chi connectivity index (χ2n) is 3.56. The summed E-state index contributed by atoms with van der Waals surface area (Å²) in [4.78, 5) is 13.2. The number of ether oxygens (including phenoxy) is 1. The van der Waals surface area contributed by atoms with Crippen LogP contribution in [0.1, 0.15) is 31.1 Å². The molecule has 0 bridgehead atoms. The molecule has 0 aliphatic rings. The van der Waals surface area contributed by atoms with Gasteiger partial charge in [0.05, 0.1) is 12.3 Å². The van der Waals surface area contributed by atoms with Crippen molar-refractivity contribution >= 4 is 11.7 Å². The summed E-state index contributed by atoms with van der Waals surface area (Å²) >= 11 is 0. The maximum absolute atomic E-state index is 11.1. The number of hydrogen-bond acceptors (Lipinski definition) is 3. The molecule has 0 aromatic heterocycles. The van der Waals surface area contributed by atoms with E-state index in [4.69, 9.17) is 9.84 Å². The third kappa shape index (κ3) is 2.90. The van der Waals surface area contributed by atoms with Gasteiger partial charge < -0.3 is 14.7 Å². The Bertz CT molecular complexity index is 386. The van der Waals surface area contributed by atoms with Gasteiger partial charge in [-0.1, -0.05) is 6.07 Å². The zero-order valence-electron chi connectivity index (χ0n) is 10.6. The number of nitrogens with zero attached hydrogens (tertiary/aromatic N) is 1. The van der Waals surface area contributed by atoms with E-state index >= 15 is 0 Å². The molecular weight excluding hydrogens is 218 g/mol. The Kier molecular flexibility index (Phi) is 4.82. The molecule has 1 aromatic rings. The van der Waals surface area contributed by atoms with Crippen molar-refractivity contribution in [2.75, 3.05) is 24.6 Å². The van der Waals surface area contributed by atoms with Gasteiger partial charge in [0, 0.05) is 13.1 Å². The van der Waals surface area contributed by atoms with Crippen LogP contribution in [-0.4, -0.2) is 30.8 Å². The molecule has 0 saturated carbocycles. The fourth-order valence-corrected chi connectivity index (χ4v) is 1.80. The normalized spacial score (nSPS) is 10.1. The van der Waals surface area contributed by atoms with E-state index < -0.39 is 5.97 Å². The minimum absolute atomic E-state index is 0.219. The molecule has 0 radical (unpaired) electrons. The molecule has 1 aromatic carbocycles. The van der Waals surface area contributed by atoms with Gasteiger partial charge in [0.1, 0.15) is 5.56 Å². The summed E-state index contributed by atoms with van der Waals surface area (Å²) in [5.74, 6) is -0.492. The van der Waals surface area contributed by atoms with Crippen molar-refractivity contribution in [1.82, 2.24) is 0 Å². The lowest BCUT2D eigenvalue weighted by molar-refractivity contribution is 0.0692. The van der Waals surface area contributed by atoms with Crippen molar-refractivity contribution in [3.05, 3.63) is 23.8 Å². The van der Waals surface area contributed by atoms with Crippen LogP contribution in [0, 0.1) is 0 Å². The molecule has 1 N–H and O–H groups in total. The summed E-state index contributed by atoms with van der Waals surface area (Å²) in [5.41, 5.74) is 1.06. The molecule has 0 atom stereocenters.